The van der Waals surface area contributed by atoms with Gasteiger partial charge >= 0.3 is 0 Å². The molecule has 0 aliphatic carbocycles. The first-order valence-electron chi connectivity index (χ1n) is 10.3. The number of ether oxygens (including phenoxy) is 1. The van der Waals surface area contributed by atoms with E-state index in [0.717, 1.165) is 49.6 Å². The zero-order valence-corrected chi connectivity index (χ0v) is 20.7. The topological polar surface area (TPSA) is 107 Å². The fraction of sp³-hybridized carbons (Fsp3) is 0.571. The Morgan fingerprint density at radius 1 is 1.17 bits per heavy atom. The molecular weight excluding hydrogens is 495 g/mol. The smallest absolute Gasteiger partial charge is 0.191 e. The van der Waals surface area contributed by atoms with Crippen LogP contribution in [0.4, 0.5) is 0 Å². The number of aromatic amines is 1. The second-order valence-electron chi connectivity index (χ2n) is 7.06. The van der Waals surface area contributed by atoms with Gasteiger partial charge in [-0.25, -0.2) is 9.98 Å². The number of aromatic nitrogens is 3. The van der Waals surface area contributed by atoms with Crippen LogP contribution in [0.15, 0.2) is 29.3 Å². The molecule has 0 amide bonds. The number of nitrogens with zero attached hydrogens (tertiary/aromatic N) is 3. The largest absolute Gasteiger partial charge is 0.497 e. The normalized spacial score (nSPS) is 11.7. The molecule has 0 aliphatic heterocycles. The van der Waals surface area contributed by atoms with Gasteiger partial charge in [-0.15, -0.1) is 24.0 Å². The summed E-state index contributed by atoms with van der Waals surface area (Å²) in [6.45, 7) is 8.49. The van der Waals surface area contributed by atoms with Crippen molar-refractivity contribution in [1.29, 1.82) is 0 Å². The molecule has 0 spiro atoms. The molecule has 1 aromatic heterocycles. The summed E-state index contributed by atoms with van der Waals surface area (Å²) in [5.74, 6) is 2.86. The van der Waals surface area contributed by atoms with Gasteiger partial charge in [0.15, 0.2) is 11.8 Å². The fourth-order valence-electron chi connectivity index (χ4n) is 3.18. The lowest BCUT2D eigenvalue weighted by atomic mass is 9.79. The highest BCUT2D eigenvalue weighted by Gasteiger charge is 2.25. The lowest BCUT2D eigenvalue weighted by Gasteiger charge is -2.32. The Labute approximate surface area is 196 Å². The van der Waals surface area contributed by atoms with Crippen molar-refractivity contribution >= 4 is 29.9 Å². The van der Waals surface area contributed by atoms with Gasteiger partial charge in [-0.1, -0.05) is 13.8 Å². The van der Waals surface area contributed by atoms with E-state index in [1.54, 1.807) is 7.11 Å². The van der Waals surface area contributed by atoms with Crippen molar-refractivity contribution < 1.29 is 9.84 Å². The first kappa shape index (κ1) is 26.2. The van der Waals surface area contributed by atoms with E-state index in [1.807, 2.05) is 31.2 Å². The van der Waals surface area contributed by atoms with E-state index >= 15 is 0 Å². The Morgan fingerprint density at radius 3 is 2.43 bits per heavy atom. The predicted molar refractivity (Wildman–Crippen MR) is 131 cm³/mol. The molecule has 0 aliphatic rings. The predicted octanol–water partition coefficient (Wildman–Crippen LogP) is 3.34. The molecule has 0 saturated heterocycles. The monoisotopic (exact) mass is 530 g/mol. The molecule has 8 nitrogen and oxygen atoms in total. The van der Waals surface area contributed by atoms with Crippen molar-refractivity contribution in [2.75, 3.05) is 26.8 Å². The van der Waals surface area contributed by atoms with Crippen molar-refractivity contribution in [3.05, 3.63) is 30.1 Å². The van der Waals surface area contributed by atoms with E-state index in [4.69, 9.17) is 4.74 Å². The van der Waals surface area contributed by atoms with E-state index in [9.17, 15) is 5.11 Å². The van der Waals surface area contributed by atoms with Crippen molar-refractivity contribution in [2.45, 2.75) is 46.6 Å². The van der Waals surface area contributed by atoms with E-state index in [0.29, 0.717) is 18.2 Å². The molecule has 0 saturated carbocycles. The summed E-state index contributed by atoms with van der Waals surface area (Å²) in [5.41, 5.74) is 0.987. The summed E-state index contributed by atoms with van der Waals surface area (Å²) in [5, 5.41) is 23.3. The van der Waals surface area contributed by atoms with Crippen molar-refractivity contribution in [2.24, 2.45) is 10.4 Å². The maximum Gasteiger partial charge on any atom is 0.191 e. The lowest BCUT2D eigenvalue weighted by molar-refractivity contribution is 0.169. The van der Waals surface area contributed by atoms with Crippen molar-refractivity contribution in [3.8, 4) is 17.1 Å². The molecule has 4 N–H and O–H groups in total. The average Bonchev–Trinajstić information content (AvgIpc) is 3.24. The Morgan fingerprint density at radius 2 is 1.87 bits per heavy atom. The summed E-state index contributed by atoms with van der Waals surface area (Å²) >= 11 is 0. The maximum atomic E-state index is 9.41. The second-order valence-corrected chi connectivity index (χ2v) is 7.06. The van der Waals surface area contributed by atoms with E-state index in [-0.39, 0.29) is 36.0 Å². The number of aliphatic hydroxyl groups is 1. The molecule has 2 aromatic rings. The van der Waals surface area contributed by atoms with E-state index in [1.165, 1.54) is 0 Å². The third-order valence-electron chi connectivity index (χ3n) is 5.38. The molecule has 2 rings (SSSR count). The quantitative estimate of drug-likeness (QED) is 0.202. The molecule has 0 radical (unpaired) electrons. The molecule has 0 unspecified atom stereocenters. The summed E-state index contributed by atoms with van der Waals surface area (Å²) in [6, 6.07) is 7.63. The molecule has 1 aromatic carbocycles. The highest BCUT2D eigenvalue weighted by atomic mass is 127. The van der Waals surface area contributed by atoms with Gasteiger partial charge in [-0.2, -0.15) is 5.10 Å². The van der Waals surface area contributed by atoms with Gasteiger partial charge < -0.3 is 20.5 Å². The third kappa shape index (κ3) is 7.42. The number of hydrogen-bond donors (Lipinski definition) is 4. The number of halogens is 1. The van der Waals surface area contributed by atoms with Crippen LogP contribution in [0, 0.1) is 5.41 Å². The Hall–Kier alpha value is -1.88. The minimum Gasteiger partial charge on any atom is -0.497 e. The summed E-state index contributed by atoms with van der Waals surface area (Å²) in [6.07, 6.45) is 2.79. The van der Waals surface area contributed by atoms with Gasteiger partial charge in [0.2, 0.25) is 0 Å². The first-order chi connectivity index (χ1) is 14.1. The number of nitrogens with one attached hydrogen (secondary N) is 3. The number of aliphatic hydroxyl groups excluding tert-OH is 1. The molecule has 0 fully saturated rings. The van der Waals surface area contributed by atoms with Gasteiger partial charge in [-0.05, 0) is 55.9 Å². The van der Waals surface area contributed by atoms with E-state index < -0.39 is 0 Å². The van der Waals surface area contributed by atoms with Crippen LogP contribution >= 0.6 is 24.0 Å². The van der Waals surface area contributed by atoms with Crippen LogP contribution in [0.5, 0.6) is 5.75 Å². The number of benzene rings is 1. The number of methoxy groups -OCH3 is 1. The molecular formula is C21H35IN6O2. The van der Waals surface area contributed by atoms with Crippen molar-refractivity contribution in [1.82, 2.24) is 25.8 Å². The number of hydrogen-bond acceptors (Lipinski definition) is 5. The van der Waals surface area contributed by atoms with Gasteiger partial charge in [0.1, 0.15) is 18.1 Å². The average molecular weight is 530 g/mol. The van der Waals surface area contributed by atoms with Crippen LogP contribution in [0.3, 0.4) is 0 Å². The second kappa shape index (κ2) is 13.4. The summed E-state index contributed by atoms with van der Waals surface area (Å²) in [7, 11) is 1.64. The van der Waals surface area contributed by atoms with Crippen LogP contribution in [0.25, 0.3) is 11.4 Å². The first-order valence-corrected chi connectivity index (χ1v) is 10.3. The molecule has 0 atom stereocenters. The van der Waals surface area contributed by atoms with Crippen LogP contribution in [0.2, 0.25) is 0 Å². The molecule has 168 valence electrons. The highest BCUT2D eigenvalue weighted by Crippen LogP contribution is 2.29. The standard InChI is InChI=1S/C21H34N6O2.HI/c1-5-21(6-2,12-13-28)15-24-20(22-7-3)23-14-18-25-19(27-26-18)16-8-10-17(29-4)11-9-16;/h8-11,28H,5-7,12-15H2,1-4H3,(H2,22,23,24)(H,25,26,27);1H. The third-order valence-corrected chi connectivity index (χ3v) is 5.38. The molecule has 9 heteroatoms. The lowest BCUT2D eigenvalue weighted by Crippen LogP contribution is -2.43. The summed E-state index contributed by atoms with van der Waals surface area (Å²) < 4.78 is 5.18. The van der Waals surface area contributed by atoms with Gasteiger partial charge in [0.25, 0.3) is 0 Å². The van der Waals surface area contributed by atoms with Crippen LogP contribution in [-0.2, 0) is 6.54 Å². The Kier molecular flexibility index (Phi) is 11.7. The summed E-state index contributed by atoms with van der Waals surface area (Å²) in [4.78, 5) is 9.16. The number of H-pyrrole nitrogens is 1. The highest BCUT2D eigenvalue weighted by molar-refractivity contribution is 14.0. The molecule has 0 bridgehead atoms. The van der Waals surface area contributed by atoms with Gasteiger partial charge in [0.05, 0.1) is 7.11 Å². The van der Waals surface area contributed by atoms with Crippen LogP contribution in [-0.4, -0.2) is 53.1 Å². The van der Waals surface area contributed by atoms with E-state index in [2.05, 4.69) is 44.7 Å². The molecule has 30 heavy (non-hydrogen) atoms. The Bertz CT molecular complexity index is 759. The SMILES string of the molecule is CCNC(=NCc1nc(-c2ccc(OC)cc2)n[nH]1)NCC(CC)(CC)CCO.I. The number of rotatable bonds is 11. The minimum absolute atomic E-state index is 0. The molecule has 1 heterocycles. The minimum atomic E-state index is 0. The van der Waals surface area contributed by atoms with Crippen LogP contribution < -0.4 is 15.4 Å². The number of guanidine groups is 1. The van der Waals surface area contributed by atoms with Gasteiger partial charge in [0, 0.05) is 25.3 Å². The van der Waals surface area contributed by atoms with Gasteiger partial charge in [-0.3, -0.25) is 5.10 Å². The zero-order valence-electron chi connectivity index (χ0n) is 18.4. The van der Waals surface area contributed by atoms with Crippen LogP contribution in [0.1, 0.15) is 45.9 Å². The Balaban J connectivity index is 0.00000450. The maximum absolute atomic E-state index is 9.41. The zero-order chi connectivity index (χ0) is 21.1. The number of aliphatic imine (C=N–C) groups is 1. The van der Waals surface area contributed by atoms with Crippen molar-refractivity contribution in [3.63, 3.8) is 0 Å². The fourth-order valence-corrected chi connectivity index (χ4v) is 3.18.